The van der Waals surface area contributed by atoms with Crippen LogP contribution in [-0.4, -0.2) is 224 Å². The van der Waals surface area contributed by atoms with Crippen LogP contribution < -0.4 is 36.4 Å². The van der Waals surface area contributed by atoms with Crippen LogP contribution in [0.3, 0.4) is 0 Å². The molecule has 5 saturated heterocycles. The summed E-state index contributed by atoms with van der Waals surface area (Å²) in [5.41, 5.74) is 28.5. The number of nitrogens with one attached hydrogen (secondary N) is 2. The molecule has 5 aromatic carbocycles. The Bertz CT molecular complexity index is 3810. The van der Waals surface area contributed by atoms with Crippen molar-refractivity contribution in [2.75, 3.05) is 177 Å². The first-order valence-corrected chi connectivity index (χ1v) is 45.0. The molecule has 17 nitrogen and oxygen atoms in total. The Morgan fingerprint density at radius 1 is 0.517 bits per heavy atom. The largest absolute Gasteiger partial charge is 0.385 e. The summed E-state index contributed by atoms with van der Waals surface area (Å²) >= 11 is 11.5. The summed E-state index contributed by atoms with van der Waals surface area (Å²) in [5, 5.41) is 23.0. The summed E-state index contributed by atoms with van der Waals surface area (Å²) in [6.07, 6.45) is 26.3. The van der Waals surface area contributed by atoms with Gasteiger partial charge in [-0.1, -0.05) is 94.2 Å². The van der Waals surface area contributed by atoms with Gasteiger partial charge < -0.3 is 66.0 Å². The normalized spacial score (nSPS) is 18.4. The maximum Gasteiger partial charge on any atom is 0.0372 e. The Morgan fingerprint density at radius 2 is 0.888 bits per heavy atom. The number of hydrogen-bond donors (Lipinski definition) is 6. The van der Waals surface area contributed by atoms with E-state index in [-0.39, 0.29) is 60.3 Å². The number of ketones is 1. The third-order valence-electron chi connectivity index (χ3n) is 22.8. The zero-order valence-corrected chi connectivity index (χ0v) is 75.3. The first-order chi connectivity index (χ1) is 53.9. The van der Waals surface area contributed by atoms with Crippen LogP contribution in [0.15, 0.2) is 152 Å². The number of Topliss-reactive ketones (excluding diaryl/α,β-unsaturated/α-hetero) is 1. The molecule has 17 rings (SSSR count). The summed E-state index contributed by atoms with van der Waals surface area (Å²) < 4.78 is 3.91. The maximum atomic E-state index is 10.6. The quantitative estimate of drug-likeness (QED) is 0.0222. The van der Waals surface area contributed by atoms with Crippen LogP contribution in [0.2, 0.25) is 0 Å². The molecule has 0 saturated carbocycles. The van der Waals surface area contributed by atoms with E-state index in [0.29, 0.717) is 22.7 Å². The van der Waals surface area contributed by atoms with Gasteiger partial charge in [-0.25, -0.2) is 4.99 Å². The number of rotatable bonds is 7. The minimum Gasteiger partial charge on any atom is -0.385 e. The van der Waals surface area contributed by atoms with Gasteiger partial charge in [-0.15, -0.1) is 58.4 Å². The van der Waals surface area contributed by atoms with Crippen molar-refractivity contribution in [2.45, 2.75) is 189 Å². The van der Waals surface area contributed by atoms with Gasteiger partial charge in [-0.05, 0) is 334 Å². The number of benzene rings is 5. The molecule has 0 atom stereocenters. The van der Waals surface area contributed by atoms with E-state index in [1.165, 1.54) is 255 Å². The molecule has 7 aromatic rings. The molecule has 641 valence electrons. The second kappa shape index (κ2) is 55.5. The molecule has 0 unspecified atom stereocenters. The standard InChI is InChI=1S/C20H26N4S.C15H21BrN2.C15H23N3.C15H22N2.C9H11N.C6H11NO.C6H7NS2.C2H6O.4CH4.BHNS.HI/c1-23-11-8-17(9-12-23)24-10-2-4-15-14-16(6-7-18(15)24)22-20(21)19-5-3-13-25-19;2*1-17-9-6-14(7-10-17)18-8-2-3-12-11-13(16)4-5-15(12)18;1-16-11-8-14(9-12-16)17-10-4-6-13-5-2-3-7-15(13)17;1-2-6-9-8(4-1)5-3-7-10-9;1-7-4-2-6(8)3-5-7;1-8-6(7)5-3-2-4-9-5;1-2-3;;;;;1-2-3;/h3,5-7,13-14,17H,2,4,8-12H2,1H3,(H2,21,22);4-5,11,14H,2-3,6-10H2,1H3;4-5,11,14H,2-3,6-10,16H2,1H3;2-3,5,7,14H,4,6,8-12H2,1H3;1-2,4,6,10H,3,5,7H2;2-5H2,1H3;2-4,7H,1H3;3H,2H2,1H3;4*1H4;3H;1H. The predicted octanol–water partition coefficient (Wildman–Crippen LogP) is 19.7. The number of nitrogens with zero attached hydrogens (tertiary/aromatic N) is 11. The molecule has 1 radical (unpaired) electrons. The summed E-state index contributed by atoms with van der Waals surface area (Å²) in [6, 6.07) is 48.2. The van der Waals surface area contributed by atoms with Gasteiger partial charge in [0, 0.05) is 128 Å². The van der Waals surface area contributed by atoms with Gasteiger partial charge in [0.15, 0.2) is 0 Å². The maximum absolute atomic E-state index is 10.6. The van der Waals surface area contributed by atoms with Crippen molar-refractivity contribution in [1.29, 1.82) is 5.41 Å². The Kier molecular flexibility index (Phi) is 49.3. The molecule has 0 bridgehead atoms. The first-order valence-electron chi connectivity index (χ1n) is 40.9. The number of fused-ring (bicyclic) bond motifs is 5. The van der Waals surface area contributed by atoms with Crippen LogP contribution in [-0.2, 0) is 36.9 Å². The fourth-order valence-electron chi connectivity index (χ4n) is 16.6. The number of carbonyl (C=O) groups excluding carboxylic acids is 1. The number of aliphatic hydroxyl groups excluding tert-OH is 1. The van der Waals surface area contributed by atoms with Crippen LogP contribution in [0.4, 0.5) is 39.8 Å². The molecule has 5 fully saturated rings. The number of thioether (sulfide) groups is 1. The molecule has 7 N–H and O–H groups in total. The van der Waals surface area contributed by atoms with Crippen molar-refractivity contribution in [3.05, 3.63) is 180 Å². The number of amidine groups is 1. The number of aliphatic imine (C=N–C) groups is 1. The number of para-hydroxylation sites is 2. The third-order valence-corrected chi connectivity index (χ3v) is 25.8. The molecular weight excluding hydrogens is 1690 g/mol. The zero-order chi connectivity index (χ0) is 78.9. The van der Waals surface area contributed by atoms with E-state index in [1.807, 2.05) is 54.4 Å². The molecule has 0 spiro atoms. The Morgan fingerprint density at radius 3 is 1.32 bits per heavy atom. The smallest absolute Gasteiger partial charge is 0.0372 e. The molecule has 116 heavy (non-hydrogen) atoms. The number of thiol groups is 1. The number of hydrogen-bond acceptors (Lipinski definition) is 20. The average molecular weight is 1840 g/mol. The molecule has 0 amide bonds. The minimum absolute atomic E-state index is 0. The van der Waals surface area contributed by atoms with Crippen LogP contribution in [0.5, 0.6) is 0 Å². The van der Waals surface area contributed by atoms with Crippen molar-refractivity contribution in [2.24, 2.45) is 15.0 Å². The molecule has 10 aliphatic heterocycles. The van der Waals surface area contributed by atoms with Crippen LogP contribution in [0, 0.1) is 5.41 Å². The van der Waals surface area contributed by atoms with E-state index in [2.05, 4.69) is 220 Å². The minimum atomic E-state index is 0. The summed E-state index contributed by atoms with van der Waals surface area (Å²) in [6.45, 7) is 19.7. The summed E-state index contributed by atoms with van der Waals surface area (Å²) in [4.78, 5) is 39.9. The average Bonchev–Trinajstić information content (AvgIpc) is 0.823. The van der Waals surface area contributed by atoms with Crippen molar-refractivity contribution < 1.29 is 9.90 Å². The zero-order valence-electron chi connectivity index (χ0n) is 68.0. The summed E-state index contributed by atoms with van der Waals surface area (Å²) in [7, 11) is 15.3. The van der Waals surface area contributed by atoms with Gasteiger partial charge in [0.05, 0.1) is 15.4 Å². The van der Waals surface area contributed by atoms with Crippen LogP contribution >= 0.6 is 87.2 Å². The monoisotopic (exact) mass is 1840 g/mol. The molecule has 24 heteroatoms. The van der Waals surface area contributed by atoms with Gasteiger partial charge in [-0.2, -0.15) is 0 Å². The fraction of sp³-hybridized carbons (Fsp3) is 0.554. The molecule has 10 aliphatic rings. The van der Waals surface area contributed by atoms with E-state index in [1.54, 1.807) is 35.2 Å². The van der Waals surface area contributed by atoms with Crippen molar-refractivity contribution in [3.63, 3.8) is 0 Å². The van der Waals surface area contributed by atoms with Crippen LogP contribution in [0.25, 0.3) is 0 Å². The Balaban J connectivity index is 0.000000287. The second-order valence-corrected chi connectivity index (χ2v) is 34.7. The molecule has 12 heterocycles. The van der Waals surface area contributed by atoms with Gasteiger partial charge in [0.1, 0.15) is 16.7 Å². The SMILES string of the molecule is C.C.C.C.CCO.CN1CCC(=O)CC1.CN1CCC(N2CCCc3cc(Br)ccc32)CC1.CN1CCC(N2CCCc3cc(N)ccc32)CC1.CN1CCC(N2CCCc3cc(N=C(N)c4cccs4)ccc32)CC1.CN1CCC(N2CCCc3ccccc32)CC1.CSC(=N)c1cccs1.I.[B]=NS.c1ccc2c(c1)CCCN2. The predicted molar refractivity (Wildman–Crippen MR) is 529 cm³/mol. The van der Waals surface area contributed by atoms with Crippen LogP contribution in [0.1, 0.15) is 171 Å². The van der Waals surface area contributed by atoms with E-state index in [0.717, 1.165) is 78.2 Å². The number of aryl methyl sites for hydroxylation is 5. The summed E-state index contributed by atoms with van der Waals surface area (Å²) in [5.74, 6) is 1.03. The number of nitrogen functional groups attached to an aromatic ring is 1. The number of nitrogens with two attached hydrogens (primary N) is 2. The number of carbonyl (C=O) groups is 1. The number of piperidine rings is 5. The van der Waals surface area contributed by atoms with E-state index in [4.69, 9.17) is 22.0 Å². The van der Waals surface area contributed by atoms with Gasteiger partial charge in [0.25, 0.3) is 0 Å². The number of aliphatic hydroxyl groups is 1. The van der Waals surface area contributed by atoms with Gasteiger partial charge in [-0.3, -0.25) is 10.2 Å². The van der Waals surface area contributed by atoms with E-state index < -0.39 is 0 Å². The number of halogens is 2. The fourth-order valence-corrected chi connectivity index (χ4v) is 18.9. The Hall–Kier alpha value is -5.36. The molecule has 0 aliphatic carbocycles. The van der Waals surface area contributed by atoms with Crippen molar-refractivity contribution in [1.82, 2.24) is 24.5 Å². The van der Waals surface area contributed by atoms with Crippen molar-refractivity contribution >= 4 is 151 Å². The number of thiophene rings is 2. The number of anilines is 6. The topological polar surface area (TPSA) is 179 Å². The van der Waals surface area contributed by atoms with Gasteiger partial charge >= 0.3 is 24.8 Å². The molecule has 2 aromatic heterocycles. The second-order valence-electron chi connectivity index (χ2n) is 30.9. The Labute approximate surface area is 746 Å². The molecular formula is C92H145BBrIN15O2S4. The third kappa shape index (κ3) is 32.6. The van der Waals surface area contributed by atoms with Crippen molar-refractivity contribution in [3.8, 4) is 0 Å². The van der Waals surface area contributed by atoms with E-state index in [9.17, 15) is 4.79 Å². The van der Waals surface area contributed by atoms with Gasteiger partial charge in [0.2, 0.25) is 0 Å². The number of likely N-dealkylation sites (tertiary alicyclic amines) is 5. The van der Waals surface area contributed by atoms with E-state index >= 15 is 0 Å². The first kappa shape index (κ1) is 103.